The van der Waals surface area contributed by atoms with Crippen molar-refractivity contribution in [1.82, 2.24) is 0 Å². The molecule has 1 saturated heterocycles. The lowest BCUT2D eigenvalue weighted by Gasteiger charge is -2.41. The predicted octanol–water partition coefficient (Wildman–Crippen LogP) is 6.84. The Labute approximate surface area is 237 Å². The zero-order chi connectivity index (χ0) is 29.3. The molecular formula is C30H35F2O6S2+. The van der Waals surface area contributed by atoms with E-state index in [9.17, 15) is 17.2 Å². The lowest BCUT2D eigenvalue weighted by atomic mass is 9.94. The Balaban J connectivity index is 1.64. The van der Waals surface area contributed by atoms with E-state index in [2.05, 4.69) is 45.0 Å². The molecule has 0 bridgehead atoms. The summed E-state index contributed by atoms with van der Waals surface area (Å²) in [5, 5.41) is -4.45. The lowest BCUT2D eigenvalue weighted by Crippen LogP contribution is -2.43. The highest BCUT2D eigenvalue weighted by molar-refractivity contribution is 7.97. The Bertz CT molecular complexity index is 1400. The maximum absolute atomic E-state index is 14.0. The van der Waals surface area contributed by atoms with Crippen molar-refractivity contribution in [2.24, 2.45) is 5.41 Å². The van der Waals surface area contributed by atoms with Gasteiger partial charge in [0.15, 0.2) is 26.6 Å². The Morgan fingerprint density at radius 3 is 1.80 bits per heavy atom. The number of hydrogen-bond acceptors (Lipinski definition) is 5. The Kier molecular flexibility index (Phi) is 8.69. The molecule has 1 N–H and O–H groups in total. The molecule has 0 amide bonds. The Hall–Kier alpha value is -2.50. The van der Waals surface area contributed by atoms with Crippen LogP contribution in [0.25, 0.3) is 0 Å². The molecule has 1 aliphatic heterocycles. The minimum atomic E-state index is -5.62. The number of hydrogen-bond donors (Lipinski definition) is 1. The molecular weight excluding hydrogens is 558 g/mol. The van der Waals surface area contributed by atoms with Gasteiger partial charge in [0.2, 0.25) is 0 Å². The van der Waals surface area contributed by atoms with Gasteiger partial charge in [0.1, 0.15) is 5.75 Å². The molecule has 3 aromatic rings. The number of aryl methyl sites for hydroxylation is 1. The fourth-order valence-electron chi connectivity index (χ4n) is 4.22. The van der Waals surface area contributed by atoms with E-state index in [4.69, 9.17) is 18.8 Å². The van der Waals surface area contributed by atoms with E-state index < -0.39 is 38.2 Å². The molecule has 4 rings (SSSR count). The van der Waals surface area contributed by atoms with Gasteiger partial charge in [-0.05, 0) is 86.5 Å². The van der Waals surface area contributed by atoms with Crippen molar-refractivity contribution < 1.29 is 36.0 Å². The van der Waals surface area contributed by atoms with E-state index in [0.717, 1.165) is 33.6 Å². The van der Waals surface area contributed by atoms with Gasteiger partial charge in [-0.3, -0.25) is 4.55 Å². The molecule has 1 aliphatic rings. The van der Waals surface area contributed by atoms with Crippen molar-refractivity contribution in [3.8, 4) is 5.75 Å². The third-order valence-corrected chi connectivity index (χ3v) is 10.1. The predicted molar refractivity (Wildman–Crippen MR) is 150 cm³/mol. The van der Waals surface area contributed by atoms with Crippen LogP contribution < -0.4 is 4.74 Å². The molecule has 2 unspecified atom stereocenters. The summed E-state index contributed by atoms with van der Waals surface area (Å²) in [5.41, 5.74) is 2.07. The van der Waals surface area contributed by atoms with Crippen molar-refractivity contribution in [2.75, 3.05) is 13.2 Å². The summed E-state index contributed by atoms with van der Waals surface area (Å²) in [5.74, 6) is -0.780. The highest BCUT2D eigenvalue weighted by Crippen LogP contribution is 2.38. The first-order valence-electron chi connectivity index (χ1n) is 13.0. The molecule has 10 heteroatoms. The van der Waals surface area contributed by atoms with E-state index in [1.54, 1.807) is 12.1 Å². The largest absolute Gasteiger partial charge is 0.483 e. The summed E-state index contributed by atoms with van der Waals surface area (Å²) in [6, 6.07) is 23.0. The summed E-state index contributed by atoms with van der Waals surface area (Å²) in [6.45, 7) is 10.3. The molecule has 6 nitrogen and oxygen atoms in total. The van der Waals surface area contributed by atoms with Gasteiger partial charge in [0.05, 0.1) is 24.1 Å². The van der Waals surface area contributed by atoms with Crippen molar-refractivity contribution in [2.45, 2.75) is 72.9 Å². The van der Waals surface area contributed by atoms with Gasteiger partial charge in [0, 0.05) is 11.0 Å². The minimum Gasteiger partial charge on any atom is -0.483 e. The number of benzene rings is 3. The first kappa shape index (κ1) is 30.5. The minimum absolute atomic E-state index is 0.0491. The van der Waals surface area contributed by atoms with Gasteiger partial charge < -0.3 is 14.2 Å². The van der Waals surface area contributed by atoms with Crippen LogP contribution in [0.3, 0.4) is 0 Å². The van der Waals surface area contributed by atoms with Crippen LogP contribution in [-0.4, -0.2) is 37.5 Å². The summed E-state index contributed by atoms with van der Waals surface area (Å²) in [4.78, 5) is 3.02. The van der Waals surface area contributed by atoms with E-state index in [0.29, 0.717) is 13.2 Å². The van der Waals surface area contributed by atoms with Gasteiger partial charge >= 0.3 is 15.4 Å². The van der Waals surface area contributed by atoms with Gasteiger partial charge in [-0.2, -0.15) is 17.2 Å². The highest BCUT2D eigenvalue weighted by Gasteiger charge is 2.51. The fraction of sp³-hybridized carbons (Fsp3) is 0.400. The number of alkyl halides is 2. The Morgan fingerprint density at radius 2 is 1.35 bits per heavy atom. The molecule has 0 spiro atoms. The van der Waals surface area contributed by atoms with Gasteiger partial charge in [-0.1, -0.05) is 32.9 Å². The van der Waals surface area contributed by atoms with E-state index >= 15 is 0 Å². The second-order valence-electron chi connectivity index (χ2n) is 10.8. The second-order valence-corrected chi connectivity index (χ2v) is 14.3. The van der Waals surface area contributed by atoms with Crippen LogP contribution in [0.2, 0.25) is 0 Å². The van der Waals surface area contributed by atoms with Crippen molar-refractivity contribution in [1.29, 1.82) is 0 Å². The third-order valence-electron chi connectivity index (χ3n) is 6.85. The average molecular weight is 594 g/mol. The zero-order valence-electron chi connectivity index (χ0n) is 23.2. The van der Waals surface area contributed by atoms with Crippen LogP contribution in [0.4, 0.5) is 8.78 Å². The quantitative estimate of drug-likeness (QED) is 0.216. The van der Waals surface area contributed by atoms with Crippen LogP contribution in [0.15, 0.2) is 87.5 Å². The molecule has 1 heterocycles. The monoisotopic (exact) mass is 593 g/mol. The van der Waals surface area contributed by atoms with Crippen molar-refractivity contribution in [3.05, 3.63) is 83.9 Å². The standard InChI is InChI=1S/C30H34F2O6S2/c1-6-22-7-13-25(14-8-22)39(26-15-9-23(10-16-26)29(5)36-19-28(3,4)20-37-29)27-17-11-24(12-18-27)38-21(2)30(31,32)40(33,34)35/h7-18,21H,6,19-20H2,1-5H3/p+1. The highest BCUT2D eigenvalue weighted by atomic mass is 32.2. The molecule has 3 aromatic carbocycles. The number of rotatable bonds is 9. The van der Waals surface area contributed by atoms with Crippen LogP contribution in [0, 0.1) is 5.41 Å². The van der Waals surface area contributed by atoms with Crippen LogP contribution in [-0.2, 0) is 42.7 Å². The normalized spacial score (nSPS) is 18.6. The van der Waals surface area contributed by atoms with Gasteiger partial charge in [0.25, 0.3) is 0 Å². The molecule has 0 radical (unpaired) electrons. The first-order valence-corrected chi connectivity index (χ1v) is 15.6. The molecule has 0 aromatic heterocycles. The molecule has 40 heavy (non-hydrogen) atoms. The van der Waals surface area contributed by atoms with E-state index in [-0.39, 0.29) is 11.2 Å². The van der Waals surface area contributed by atoms with Crippen LogP contribution in [0.5, 0.6) is 5.75 Å². The van der Waals surface area contributed by atoms with E-state index in [1.165, 1.54) is 17.7 Å². The van der Waals surface area contributed by atoms with Crippen LogP contribution >= 0.6 is 0 Å². The SMILES string of the molecule is CCc1ccc([S+](c2ccc(OC(C)C(F)(F)S(=O)(=O)O)cc2)c2ccc(C3(C)OCC(C)(C)CO3)cc2)cc1. The van der Waals surface area contributed by atoms with E-state index in [1.807, 2.05) is 31.2 Å². The first-order chi connectivity index (χ1) is 18.6. The number of ether oxygens (including phenoxy) is 3. The van der Waals surface area contributed by atoms with Crippen LogP contribution in [0.1, 0.15) is 45.7 Å². The molecule has 2 atom stereocenters. The molecule has 1 fully saturated rings. The van der Waals surface area contributed by atoms with Crippen molar-refractivity contribution >= 4 is 21.0 Å². The maximum Gasteiger partial charge on any atom is 0.405 e. The average Bonchev–Trinajstić information content (AvgIpc) is 2.92. The fourth-order valence-corrected chi connectivity index (χ4v) is 6.72. The van der Waals surface area contributed by atoms with Crippen molar-refractivity contribution in [3.63, 3.8) is 0 Å². The summed E-state index contributed by atoms with van der Waals surface area (Å²) in [7, 11) is -6.16. The van der Waals surface area contributed by atoms with Gasteiger partial charge in [-0.25, -0.2) is 0 Å². The lowest BCUT2D eigenvalue weighted by molar-refractivity contribution is -0.298. The number of halogens is 2. The maximum atomic E-state index is 14.0. The summed E-state index contributed by atoms with van der Waals surface area (Å²) >= 11 is 0. The Morgan fingerprint density at radius 1 is 0.900 bits per heavy atom. The molecule has 216 valence electrons. The zero-order valence-corrected chi connectivity index (χ0v) is 24.8. The smallest absolute Gasteiger partial charge is 0.405 e. The molecule has 0 aliphatic carbocycles. The third kappa shape index (κ3) is 6.52. The van der Waals surface area contributed by atoms with Gasteiger partial charge in [-0.15, -0.1) is 0 Å². The molecule has 0 saturated carbocycles. The summed E-state index contributed by atoms with van der Waals surface area (Å²) in [6.07, 6.45) is -1.17. The topological polar surface area (TPSA) is 82.1 Å². The summed E-state index contributed by atoms with van der Waals surface area (Å²) < 4.78 is 76.4. The second kappa shape index (κ2) is 11.4.